The minimum atomic E-state index is -0.171. The van der Waals surface area contributed by atoms with Crippen molar-refractivity contribution in [2.75, 3.05) is 0 Å². The number of hydrogen-bond donors (Lipinski definition) is 1. The van der Waals surface area contributed by atoms with E-state index in [0.717, 1.165) is 42.6 Å². The molecule has 7 heteroatoms. The molecule has 0 bridgehead atoms. The Bertz CT molecular complexity index is 930. The van der Waals surface area contributed by atoms with Crippen molar-refractivity contribution in [2.24, 2.45) is 0 Å². The van der Waals surface area contributed by atoms with Gasteiger partial charge in [-0.1, -0.05) is 30.2 Å². The second-order valence-corrected chi connectivity index (χ2v) is 7.19. The summed E-state index contributed by atoms with van der Waals surface area (Å²) >= 11 is 0. The van der Waals surface area contributed by atoms with Gasteiger partial charge in [0, 0.05) is 12.4 Å². The van der Waals surface area contributed by atoms with E-state index in [4.69, 9.17) is 0 Å². The Morgan fingerprint density at radius 2 is 2.04 bits per heavy atom. The van der Waals surface area contributed by atoms with Crippen LogP contribution in [0.15, 0.2) is 42.7 Å². The molecule has 0 spiro atoms. The first-order chi connectivity index (χ1) is 13.1. The van der Waals surface area contributed by atoms with Crippen LogP contribution in [0.4, 0.5) is 0 Å². The van der Waals surface area contributed by atoms with Crippen LogP contribution < -0.4 is 5.32 Å². The van der Waals surface area contributed by atoms with Crippen LogP contribution in [0.3, 0.4) is 0 Å². The summed E-state index contributed by atoms with van der Waals surface area (Å²) in [5.41, 5.74) is 3.16. The highest BCUT2D eigenvalue weighted by Crippen LogP contribution is 2.28. The fourth-order valence-corrected chi connectivity index (χ4v) is 3.85. The van der Waals surface area contributed by atoms with Gasteiger partial charge < -0.3 is 5.32 Å². The van der Waals surface area contributed by atoms with Gasteiger partial charge in [-0.3, -0.25) is 9.48 Å². The highest BCUT2D eigenvalue weighted by Gasteiger charge is 2.30. The van der Waals surface area contributed by atoms with Crippen LogP contribution in [0.5, 0.6) is 0 Å². The SMILES string of the molecule is Cc1cccc(-n2nnc(C(=O)N[C@H]3CCCC[C@@H]3n3cccn3)c2C)c1. The van der Waals surface area contributed by atoms with Gasteiger partial charge in [0.15, 0.2) is 5.69 Å². The molecule has 1 amide bonds. The molecule has 0 saturated heterocycles. The fourth-order valence-electron chi connectivity index (χ4n) is 3.85. The highest BCUT2D eigenvalue weighted by atomic mass is 16.2. The summed E-state index contributed by atoms with van der Waals surface area (Å²) in [6.45, 7) is 3.91. The molecule has 1 fully saturated rings. The molecule has 4 rings (SSSR count). The van der Waals surface area contributed by atoms with Gasteiger partial charge in [0.05, 0.1) is 23.5 Å². The zero-order chi connectivity index (χ0) is 18.8. The number of aromatic nitrogens is 5. The number of carbonyl (C=O) groups is 1. The van der Waals surface area contributed by atoms with E-state index < -0.39 is 0 Å². The summed E-state index contributed by atoms with van der Waals surface area (Å²) in [5, 5.41) is 15.9. The minimum Gasteiger partial charge on any atom is -0.346 e. The number of amides is 1. The van der Waals surface area contributed by atoms with E-state index in [-0.39, 0.29) is 18.0 Å². The molecule has 1 saturated carbocycles. The number of rotatable bonds is 4. The van der Waals surface area contributed by atoms with E-state index >= 15 is 0 Å². The van der Waals surface area contributed by atoms with Gasteiger partial charge in [-0.2, -0.15) is 5.10 Å². The minimum absolute atomic E-state index is 0.0506. The topological polar surface area (TPSA) is 77.6 Å². The molecule has 0 aliphatic heterocycles. The van der Waals surface area contributed by atoms with Crippen LogP contribution >= 0.6 is 0 Å². The molecule has 3 aromatic rings. The lowest BCUT2D eigenvalue weighted by atomic mass is 9.90. The number of benzene rings is 1. The maximum atomic E-state index is 12.9. The summed E-state index contributed by atoms with van der Waals surface area (Å²) < 4.78 is 3.67. The average molecular weight is 364 g/mol. The van der Waals surface area contributed by atoms with Crippen molar-refractivity contribution >= 4 is 5.91 Å². The molecule has 2 aromatic heterocycles. The molecule has 2 atom stereocenters. The highest BCUT2D eigenvalue weighted by molar-refractivity contribution is 5.93. The Kier molecular flexibility index (Phi) is 4.75. The van der Waals surface area contributed by atoms with Crippen LogP contribution in [0.2, 0.25) is 0 Å². The van der Waals surface area contributed by atoms with Crippen molar-refractivity contribution < 1.29 is 4.79 Å². The largest absolute Gasteiger partial charge is 0.346 e. The third-order valence-corrected chi connectivity index (χ3v) is 5.27. The summed E-state index contributed by atoms with van der Waals surface area (Å²) in [4.78, 5) is 12.9. The molecule has 27 heavy (non-hydrogen) atoms. The normalized spacial score (nSPS) is 19.8. The third-order valence-electron chi connectivity index (χ3n) is 5.27. The molecule has 1 N–H and O–H groups in total. The third kappa shape index (κ3) is 3.49. The lowest BCUT2D eigenvalue weighted by Crippen LogP contribution is -2.43. The van der Waals surface area contributed by atoms with Gasteiger partial charge in [0.2, 0.25) is 0 Å². The molecule has 0 unspecified atom stereocenters. The molecule has 0 radical (unpaired) electrons. The van der Waals surface area contributed by atoms with E-state index in [1.54, 1.807) is 10.9 Å². The zero-order valence-corrected chi connectivity index (χ0v) is 15.7. The van der Waals surface area contributed by atoms with Crippen LogP contribution in [0.1, 0.15) is 53.5 Å². The van der Waals surface area contributed by atoms with Crippen molar-refractivity contribution in [3.63, 3.8) is 0 Å². The Labute approximate surface area is 158 Å². The second kappa shape index (κ2) is 7.34. The van der Waals surface area contributed by atoms with E-state index in [9.17, 15) is 4.79 Å². The standard InChI is InChI=1S/C20H24N6O/c1-14-7-5-8-16(13-14)26-15(2)19(23-24-26)20(27)22-17-9-3-4-10-18(17)25-12-6-11-21-25/h5-8,11-13,17-18H,3-4,9-10H2,1-2H3,(H,22,27)/t17-,18-/m0/s1. The van der Waals surface area contributed by atoms with E-state index in [1.807, 2.05) is 55.1 Å². The molecule has 2 heterocycles. The van der Waals surface area contributed by atoms with Gasteiger partial charge >= 0.3 is 0 Å². The molecule has 1 aliphatic rings. The number of carbonyl (C=O) groups excluding carboxylic acids is 1. The molecular weight excluding hydrogens is 340 g/mol. The number of hydrogen-bond acceptors (Lipinski definition) is 4. The monoisotopic (exact) mass is 364 g/mol. The molecule has 7 nitrogen and oxygen atoms in total. The smallest absolute Gasteiger partial charge is 0.274 e. The number of nitrogens with one attached hydrogen (secondary N) is 1. The van der Waals surface area contributed by atoms with Crippen LogP contribution in [0, 0.1) is 13.8 Å². The quantitative estimate of drug-likeness (QED) is 0.772. The molecule has 1 aliphatic carbocycles. The first-order valence-corrected chi connectivity index (χ1v) is 9.43. The van der Waals surface area contributed by atoms with Crippen molar-refractivity contribution in [3.8, 4) is 5.69 Å². The van der Waals surface area contributed by atoms with Gasteiger partial charge in [0.1, 0.15) is 0 Å². The van der Waals surface area contributed by atoms with Gasteiger partial charge in [-0.15, -0.1) is 5.10 Å². The van der Waals surface area contributed by atoms with Gasteiger partial charge in [-0.05, 0) is 50.5 Å². The van der Waals surface area contributed by atoms with Crippen LogP contribution in [-0.2, 0) is 0 Å². The Morgan fingerprint density at radius 3 is 2.81 bits per heavy atom. The van der Waals surface area contributed by atoms with Crippen molar-refractivity contribution in [1.29, 1.82) is 0 Å². The Morgan fingerprint density at radius 1 is 1.19 bits per heavy atom. The van der Waals surface area contributed by atoms with Gasteiger partial charge in [-0.25, -0.2) is 4.68 Å². The van der Waals surface area contributed by atoms with Gasteiger partial charge in [0.25, 0.3) is 5.91 Å². The second-order valence-electron chi connectivity index (χ2n) is 7.19. The van der Waals surface area contributed by atoms with Crippen LogP contribution in [0.25, 0.3) is 5.69 Å². The maximum Gasteiger partial charge on any atom is 0.274 e. The van der Waals surface area contributed by atoms with Crippen molar-refractivity contribution in [2.45, 2.75) is 51.6 Å². The zero-order valence-electron chi connectivity index (χ0n) is 15.7. The first-order valence-electron chi connectivity index (χ1n) is 9.43. The van der Waals surface area contributed by atoms with E-state index in [2.05, 4.69) is 20.7 Å². The Hall–Kier alpha value is -2.96. The summed E-state index contributed by atoms with van der Waals surface area (Å²) in [7, 11) is 0. The molecule has 1 aromatic carbocycles. The first kappa shape index (κ1) is 17.5. The summed E-state index contributed by atoms with van der Waals surface area (Å²) in [5.74, 6) is -0.171. The summed E-state index contributed by atoms with van der Waals surface area (Å²) in [6, 6.07) is 10.2. The van der Waals surface area contributed by atoms with E-state index in [0.29, 0.717) is 5.69 Å². The molecular formula is C20H24N6O. The summed E-state index contributed by atoms with van der Waals surface area (Å²) in [6.07, 6.45) is 7.97. The predicted octanol–water partition coefficient (Wildman–Crippen LogP) is 2.99. The fraction of sp³-hybridized carbons (Fsp3) is 0.400. The average Bonchev–Trinajstić information content (AvgIpc) is 3.32. The lowest BCUT2D eigenvalue weighted by Gasteiger charge is -2.32. The van der Waals surface area contributed by atoms with Crippen molar-refractivity contribution in [3.05, 3.63) is 59.7 Å². The van der Waals surface area contributed by atoms with Crippen LogP contribution in [-0.4, -0.2) is 36.7 Å². The maximum absolute atomic E-state index is 12.9. The molecule has 140 valence electrons. The van der Waals surface area contributed by atoms with E-state index in [1.165, 1.54) is 0 Å². The number of aryl methyl sites for hydroxylation is 1. The van der Waals surface area contributed by atoms with Crippen molar-refractivity contribution in [1.82, 2.24) is 30.1 Å². The number of nitrogens with zero attached hydrogens (tertiary/aromatic N) is 5. The Balaban J connectivity index is 1.55. The lowest BCUT2D eigenvalue weighted by molar-refractivity contribution is 0.0899. The predicted molar refractivity (Wildman–Crippen MR) is 102 cm³/mol.